The minimum atomic E-state index is -0.483. The molecule has 1 saturated heterocycles. The first-order valence-corrected chi connectivity index (χ1v) is 7.74. The number of amides is 1. The molecule has 0 aromatic rings. The van der Waals surface area contributed by atoms with Crippen molar-refractivity contribution in [2.45, 2.75) is 70.5 Å². The van der Waals surface area contributed by atoms with Crippen molar-refractivity contribution in [2.75, 3.05) is 13.1 Å². The topological polar surface area (TPSA) is 58.4 Å². The molecule has 2 aliphatic rings. The summed E-state index contributed by atoms with van der Waals surface area (Å²) in [5, 5.41) is 3.46. The Kier molecular flexibility index (Phi) is 4.51. The SMILES string of the molecule is CC1CCN(C2CCCC(NC(C)C)(C(N)=O)C2)C1. The molecule has 1 aliphatic heterocycles. The van der Waals surface area contributed by atoms with Crippen LogP contribution in [0.5, 0.6) is 0 Å². The van der Waals surface area contributed by atoms with E-state index in [1.807, 2.05) is 0 Å². The lowest BCUT2D eigenvalue weighted by Crippen LogP contribution is -2.62. The van der Waals surface area contributed by atoms with Crippen LogP contribution in [0, 0.1) is 5.92 Å². The molecule has 0 spiro atoms. The first-order valence-electron chi connectivity index (χ1n) is 7.74. The summed E-state index contributed by atoms with van der Waals surface area (Å²) in [5.41, 5.74) is 5.24. The standard InChI is InChI=1S/C15H29N3O/c1-11(2)17-15(14(16)19)7-4-5-13(9-15)18-8-6-12(3)10-18/h11-13,17H,4-10H2,1-3H3,(H2,16,19). The van der Waals surface area contributed by atoms with Crippen LogP contribution in [0.3, 0.4) is 0 Å². The minimum Gasteiger partial charge on any atom is -0.368 e. The Morgan fingerprint density at radius 2 is 2.16 bits per heavy atom. The number of carbonyl (C=O) groups is 1. The highest BCUT2D eigenvalue weighted by molar-refractivity contribution is 5.85. The number of carbonyl (C=O) groups excluding carboxylic acids is 1. The fourth-order valence-corrected chi connectivity index (χ4v) is 3.84. The fraction of sp³-hybridized carbons (Fsp3) is 0.933. The third kappa shape index (κ3) is 3.29. The van der Waals surface area contributed by atoms with Gasteiger partial charge in [-0.2, -0.15) is 0 Å². The van der Waals surface area contributed by atoms with Gasteiger partial charge in [0.25, 0.3) is 0 Å². The van der Waals surface area contributed by atoms with E-state index in [1.165, 1.54) is 25.9 Å². The number of hydrogen-bond acceptors (Lipinski definition) is 3. The lowest BCUT2D eigenvalue weighted by molar-refractivity contribution is -0.127. The summed E-state index contributed by atoms with van der Waals surface area (Å²) in [6.45, 7) is 8.86. The predicted octanol–water partition coefficient (Wildman–Crippen LogP) is 1.49. The van der Waals surface area contributed by atoms with E-state index in [9.17, 15) is 4.79 Å². The number of likely N-dealkylation sites (tertiary alicyclic amines) is 1. The van der Waals surface area contributed by atoms with Crippen molar-refractivity contribution < 1.29 is 4.79 Å². The summed E-state index contributed by atoms with van der Waals surface area (Å²) >= 11 is 0. The number of nitrogens with one attached hydrogen (secondary N) is 1. The monoisotopic (exact) mass is 267 g/mol. The highest BCUT2D eigenvalue weighted by Crippen LogP contribution is 2.34. The van der Waals surface area contributed by atoms with Crippen LogP contribution in [0.4, 0.5) is 0 Å². The van der Waals surface area contributed by atoms with Gasteiger partial charge in [-0.25, -0.2) is 0 Å². The largest absolute Gasteiger partial charge is 0.368 e. The zero-order valence-corrected chi connectivity index (χ0v) is 12.6. The lowest BCUT2D eigenvalue weighted by atomic mass is 9.77. The van der Waals surface area contributed by atoms with Crippen LogP contribution in [0.2, 0.25) is 0 Å². The first kappa shape index (κ1) is 14.8. The normalized spacial score (nSPS) is 36.8. The zero-order chi connectivity index (χ0) is 14.0. The van der Waals surface area contributed by atoms with Crippen molar-refractivity contribution in [1.29, 1.82) is 0 Å². The third-order valence-electron chi connectivity index (χ3n) is 4.73. The van der Waals surface area contributed by atoms with Crippen molar-refractivity contribution in [2.24, 2.45) is 11.7 Å². The Morgan fingerprint density at radius 3 is 2.68 bits per heavy atom. The van der Waals surface area contributed by atoms with Gasteiger partial charge in [0.15, 0.2) is 0 Å². The van der Waals surface area contributed by atoms with Crippen molar-refractivity contribution >= 4 is 5.91 Å². The Labute approximate surface area is 117 Å². The zero-order valence-electron chi connectivity index (χ0n) is 12.6. The van der Waals surface area contributed by atoms with E-state index in [-0.39, 0.29) is 5.91 Å². The maximum absolute atomic E-state index is 12.0. The van der Waals surface area contributed by atoms with Crippen LogP contribution < -0.4 is 11.1 Å². The van der Waals surface area contributed by atoms with E-state index in [2.05, 4.69) is 31.0 Å². The summed E-state index contributed by atoms with van der Waals surface area (Å²) < 4.78 is 0. The maximum Gasteiger partial charge on any atom is 0.237 e. The third-order valence-corrected chi connectivity index (χ3v) is 4.73. The molecule has 1 heterocycles. The smallest absolute Gasteiger partial charge is 0.237 e. The van der Waals surface area contributed by atoms with Crippen molar-refractivity contribution in [3.63, 3.8) is 0 Å². The van der Waals surface area contributed by atoms with Gasteiger partial charge < -0.3 is 16.0 Å². The van der Waals surface area contributed by atoms with Gasteiger partial charge in [0.1, 0.15) is 0 Å². The molecule has 4 nitrogen and oxygen atoms in total. The number of primary amides is 1. The van der Waals surface area contributed by atoms with E-state index in [1.54, 1.807) is 0 Å². The summed E-state index contributed by atoms with van der Waals surface area (Å²) in [6.07, 6.45) is 5.37. The summed E-state index contributed by atoms with van der Waals surface area (Å²) in [5.74, 6) is 0.626. The van der Waals surface area contributed by atoms with Crippen LogP contribution in [0.25, 0.3) is 0 Å². The number of nitrogens with zero attached hydrogens (tertiary/aromatic N) is 1. The maximum atomic E-state index is 12.0. The molecule has 110 valence electrons. The molecule has 0 aromatic heterocycles. The molecule has 3 N–H and O–H groups in total. The Bertz CT molecular complexity index is 331. The van der Waals surface area contributed by atoms with E-state index in [4.69, 9.17) is 5.73 Å². The molecule has 1 amide bonds. The van der Waals surface area contributed by atoms with Crippen molar-refractivity contribution in [3.05, 3.63) is 0 Å². The molecule has 0 radical (unpaired) electrons. The van der Waals surface area contributed by atoms with Gasteiger partial charge in [0, 0.05) is 18.6 Å². The summed E-state index contributed by atoms with van der Waals surface area (Å²) in [4.78, 5) is 14.6. The van der Waals surface area contributed by atoms with Crippen molar-refractivity contribution in [1.82, 2.24) is 10.2 Å². The molecule has 3 unspecified atom stereocenters. The molecule has 1 saturated carbocycles. The molecule has 19 heavy (non-hydrogen) atoms. The average molecular weight is 267 g/mol. The van der Waals surface area contributed by atoms with Crippen molar-refractivity contribution in [3.8, 4) is 0 Å². The van der Waals surface area contributed by atoms with Crippen LogP contribution in [-0.4, -0.2) is 41.5 Å². The molecule has 3 atom stereocenters. The minimum absolute atomic E-state index is 0.168. The number of rotatable bonds is 4. The predicted molar refractivity (Wildman–Crippen MR) is 77.8 cm³/mol. The van der Waals surface area contributed by atoms with E-state index < -0.39 is 5.54 Å². The van der Waals surface area contributed by atoms with Crippen LogP contribution >= 0.6 is 0 Å². The molecule has 2 rings (SSSR count). The molecule has 4 heteroatoms. The molecular weight excluding hydrogens is 238 g/mol. The summed E-state index contributed by atoms with van der Waals surface area (Å²) in [7, 11) is 0. The first-order chi connectivity index (χ1) is 8.93. The van der Waals surface area contributed by atoms with Gasteiger partial charge in [-0.05, 0) is 58.4 Å². The summed E-state index contributed by atoms with van der Waals surface area (Å²) in [6, 6.07) is 0.821. The lowest BCUT2D eigenvalue weighted by Gasteiger charge is -2.43. The van der Waals surface area contributed by atoms with Crippen LogP contribution in [-0.2, 0) is 4.79 Å². The van der Waals surface area contributed by atoms with Crippen LogP contribution in [0.1, 0.15) is 52.9 Å². The average Bonchev–Trinajstić information content (AvgIpc) is 2.75. The Morgan fingerprint density at radius 1 is 1.42 bits per heavy atom. The van der Waals surface area contributed by atoms with E-state index >= 15 is 0 Å². The molecule has 1 aliphatic carbocycles. The van der Waals surface area contributed by atoms with E-state index in [0.717, 1.165) is 25.2 Å². The second kappa shape index (κ2) is 5.80. The molecule has 2 fully saturated rings. The highest BCUT2D eigenvalue weighted by Gasteiger charge is 2.43. The molecular formula is C15H29N3O. The van der Waals surface area contributed by atoms with Gasteiger partial charge in [-0.15, -0.1) is 0 Å². The Hall–Kier alpha value is -0.610. The second-order valence-corrected chi connectivity index (χ2v) is 6.88. The highest BCUT2D eigenvalue weighted by atomic mass is 16.1. The van der Waals surface area contributed by atoms with Gasteiger partial charge in [-0.1, -0.05) is 6.92 Å². The Balaban J connectivity index is 2.07. The van der Waals surface area contributed by atoms with Crippen LogP contribution in [0.15, 0.2) is 0 Å². The number of hydrogen-bond donors (Lipinski definition) is 2. The quantitative estimate of drug-likeness (QED) is 0.811. The fourth-order valence-electron chi connectivity index (χ4n) is 3.84. The molecule has 0 bridgehead atoms. The molecule has 0 aromatic carbocycles. The number of nitrogens with two attached hydrogens (primary N) is 1. The second-order valence-electron chi connectivity index (χ2n) is 6.88. The van der Waals surface area contributed by atoms with Gasteiger partial charge in [0.05, 0.1) is 5.54 Å². The van der Waals surface area contributed by atoms with Gasteiger partial charge in [0.2, 0.25) is 5.91 Å². The van der Waals surface area contributed by atoms with Gasteiger partial charge in [-0.3, -0.25) is 4.79 Å². The van der Waals surface area contributed by atoms with Gasteiger partial charge >= 0.3 is 0 Å². The van der Waals surface area contributed by atoms with E-state index in [0.29, 0.717) is 12.1 Å².